The van der Waals surface area contributed by atoms with E-state index in [-0.39, 0.29) is 5.75 Å². The molecule has 13 heavy (non-hydrogen) atoms. The van der Waals surface area contributed by atoms with Gasteiger partial charge >= 0.3 is 0 Å². The first kappa shape index (κ1) is 11.6. The minimum atomic E-state index is 0.184. The Morgan fingerprint density at radius 1 is 1.31 bits per heavy atom. The zero-order valence-corrected chi connectivity index (χ0v) is 8.52. The lowest BCUT2D eigenvalue weighted by Crippen LogP contribution is -2.16. The Bertz CT molecular complexity index is 382. The Balaban J connectivity index is 0.000000671. The number of nitrogens with two attached hydrogens (primary N) is 1. The Labute approximate surface area is 79.0 Å². The molecule has 1 rings (SSSR count). The number of phenolic OH excluding ortho intramolecular Hbond substituents is 1. The van der Waals surface area contributed by atoms with Crippen molar-refractivity contribution in [3.8, 4) is 5.75 Å². The number of hydrogen-bond donors (Lipinski definition) is 2. The smallest absolute Gasteiger partial charge is 0.125 e. The molecule has 2 heteroatoms. The molecule has 3 N–H and O–H groups in total. The van der Waals surface area contributed by atoms with E-state index in [9.17, 15) is 5.11 Å². The fourth-order valence-corrected chi connectivity index (χ4v) is 0.943. The standard InChI is InChI=1S/C9H11NO.C2H6/c1-5-4-8(10)6(2)7(3)9(5)11;1-2/h4,11H,1-2,10H2,3H3;1-2H3. The van der Waals surface area contributed by atoms with Crippen LogP contribution in [0.15, 0.2) is 6.07 Å². The molecule has 0 saturated heterocycles. The van der Waals surface area contributed by atoms with Crippen molar-refractivity contribution in [2.75, 3.05) is 5.73 Å². The van der Waals surface area contributed by atoms with Crippen molar-refractivity contribution in [3.05, 3.63) is 22.1 Å². The Morgan fingerprint density at radius 2 is 1.77 bits per heavy atom. The molecule has 1 aromatic carbocycles. The molecule has 0 aliphatic heterocycles. The zero-order chi connectivity index (χ0) is 10.6. The molecule has 0 bridgehead atoms. The largest absolute Gasteiger partial charge is 0.507 e. The van der Waals surface area contributed by atoms with Crippen LogP contribution in [0.1, 0.15) is 19.4 Å². The maximum absolute atomic E-state index is 9.35. The third-order valence-electron chi connectivity index (χ3n) is 1.79. The minimum Gasteiger partial charge on any atom is -0.507 e. The first-order valence-corrected chi connectivity index (χ1v) is 4.30. The molecular formula is C11H17NO. The van der Waals surface area contributed by atoms with Gasteiger partial charge in [-0.1, -0.05) is 27.0 Å². The van der Waals surface area contributed by atoms with Crippen LogP contribution in [0.25, 0.3) is 13.2 Å². The maximum atomic E-state index is 9.35. The van der Waals surface area contributed by atoms with E-state index in [1.54, 1.807) is 13.0 Å². The quantitative estimate of drug-likeness (QED) is 0.463. The molecule has 2 nitrogen and oxygen atoms in total. The highest BCUT2D eigenvalue weighted by Gasteiger charge is 1.99. The van der Waals surface area contributed by atoms with Crippen molar-refractivity contribution in [2.24, 2.45) is 0 Å². The van der Waals surface area contributed by atoms with Crippen LogP contribution in [0.4, 0.5) is 5.69 Å². The lowest BCUT2D eigenvalue weighted by molar-refractivity contribution is 0.466. The van der Waals surface area contributed by atoms with Crippen molar-refractivity contribution in [1.29, 1.82) is 0 Å². The molecule has 0 radical (unpaired) electrons. The summed E-state index contributed by atoms with van der Waals surface area (Å²) < 4.78 is 0. The zero-order valence-electron chi connectivity index (χ0n) is 8.52. The molecular weight excluding hydrogens is 162 g/mol. The highest BCUT2D eigenvalue weighted by molar-refractivity contribution is 5.51. The second kappa shape index (κ2) is 4.55. The average molecular weight is 179 g/mol. The number of anilines is 1. The summed E-state index contributed by atoms with van der Waals surface area (Å²) in [5.74, 6) is 0.184. The summed E-state index contributed by atoms with van der Waals surface area (Å²) in [6.07, 6.45) is 0. The van der Waals surface area contributed by atoms with Crippen LogP contribution in [-0.4, -0.2) is 5.11 Å². The normalized spacial score (nSPS) is 8.85. The lowest BCUT2D eigenvalue weighted by atomic mass is 10.1. The lowest BCUT2D eigenvalue weighted by Gasteiger charge is -2.01. The first-order chi connectivity index (χ1) is 6.04. The molecule has 0 amide bonds. The summed E-state index contributed by atoms with van der Waals surface area (Å²) in [4.78, 5) is 0. The van der Waals surface area contributed by atoms with Crippen molar-refractivity contribution in [2.45, 2.75) is 20.8 Å². The summed E-state index contributed by atoms with van der Waals surface area (Å²) in [7, 11) is 0. The van der Waals surface area contributed by atoms with Gasteiger partial charge in [-0.15, -0.1) is 0 Å². The molecule has 0 spiro atoms. The fourth-order valence-electron chi connectivity index (χ4n) is 0.943. The van der Waals surface area contributed by atoms with Crippen molar-refractivity contribution in [1.82, 2.24) is 0 Å². The van der Waals surface area contributed by atoms with E-state index in [0.29, 0.717) is 21.7 Å². The Kier molecular flexibility index (Phi) is 4.05. The topological polar surface area (TPSA) is 46.2 Å². The predicted molar refractivity (Wildman–Crippen MR) is 58.9 cm³/mol. The minimum absolute atomic E-state index is 0.184. The summed E-state index contributed by atoms with van der Waals surface area (Å²) in [5.41, 5.74) is 6.85. The van der Waals surface area contributed by atoms with Crippen molar-refractivity contribution < 1.29 is 5.11 Å². The third kappa shape index (κ3) is 2.25. The summed E-state index contributed by atoms with van der Waals surface area (Å²) >= 11 is 0. The van der Waals surface area contributed by atoms with Gasteiger partial charge in [0.1, 0.15) is 5.75 Å². The number of nitrogen functional groups attached to an aromatic ring is 1. The maximum Gasteiger partial charge on any atom is 0.125 e. The highest BCUT2D eigenvalue weighted by Crippen LogP contribution is 2.05. The molecule has 0 unspecified atom stereocenters. The number of aromatic hydroxyl groups is 1. The monoisotopic (exact) mass is 179 g/mol. The predicted octanol–water partition coefficient (Wildman–Crippen LogP) is 1.13. The van der Waals surface area contributed by atoms with Crippen LogP contribution in [0.5, 0.6) is 5.75 Å². The van der Waals surface area contributed by atoms with E-state index in [2.05, 4.69) is 13.2 Å². The van der Waals surface area contributed by atoms with Crippen molar-refractivity contribution in [3.63, 3.8) is 0 Å². The van der Waals surface area contributed by atoms with E-state index >= 15 is 0 Å². The third-order valence-corrected chi connectivity index (χ3v) is 1.79. The highest BCUT2D eigenvalue weighted by atomic mass is 16.3. The fraction of sp³-hybridized carbons (Fsp3) is 0.273. The van der Waals surface area contributed by atoms with Gasteiger partial charge in [0.15, 0.2) is 0 Å². The van der Waals surface area contributed by atoms with Crippen LogP contribution >= 0.6 is 0 Å². The molecule has 0 fully saturated rings. The van der Waals surface area contributed by atoms with Crippen LogP contribution < -0.4 is 16.2 Å². The van der Waals surface area contributed by atoms with E-state index in [0.717, 1.165) is 0 Å². The van der Waals surface area contributed by atoms with E-state index in [1.807, 2.05) is 13.8 Å². The molecule has 72 valence electrons. The number of benzene rings is 1. The number of rotatable bonds is 0. The second-order valence-electron chi connectivity index (χ2n) is 2.58. The SMILES string of the molecule is C=c1cc(N)c(=C)c(C)c1O.CC. The summed E-state index contributed by atoms with van der Waals surface area (Å²) in [6, 6.07) is 1.62. The van der Waals surface area contributed by atoms with Gasteiger partial charge in [0.25, 0.3) is 0 Å². The number of phenols is 1. The van der Waals surface area contributed by atoms with E-state index in [1.165, 1.54) is 0 Å². The Morgan fingerprint density at radius 3 is 2.23 bits per heavy atom. The van der Waals surface area contributed by atoms with E-state index < -0.39 is 0 Å². The van der Waals surface area contributed by atoms with Gasteiger partial charge in [-0.05, 0) is 18.2 Å². The first-order valence-electron chi connectivity index (χ1n) is 4.30. The van der Waals surface area contributed by atoms with Crippen LogP contribution in [-0.2, 0) is 0 Å². The molecule has 0 heterocycles. The van der Waals surface area contributed by atoms with Gasteiger partial charge in [-0.3, -0.25) is 0 Å². The molecule has 0 aliphatic rings. The van der Waals surface area contributed by atoms with Gasteiger partial charge < -0.3 is 10.8 Å². The Hall–Kier alpha value is -1.44. The van der Waals surface area contributed by atoms with Gasteiger partial charge in [0.05, 0.1) is 0 Å². The molecule has 0 aliphatic carbocycles. The molecule has 1 aromatic rings. The van der Waals surface area contributed by atoms with Crippen LogP contribution in [0, 0.1) is 6.92 Å². The molecule has 0 saturated carbocycles. The molecule has 0 aromatic heterocycles. The van der Waals surface area contributed by atoms with Gasteiger partial charge in [-0.25, -0.2) is 0 Å². The van der Waals surface area contributed by atoms with Gasteiger partial charge in [0.2, 0.25) is 0 Å². The van der Waals surface area contributed by atoms with Crippen molar-refractivity contribution >= 4 is 18.8 Å². The van der Waals surface area contributed by atoms with E-state index in [4.69, 9.17) is 5.73 Å². The summed E-state index contributed by atoms with van der Waals surface area (Å²) in [5, 5.41) is 10.6. The van der Waals surface area contributed by atoms with Gasteiger partial charge in [-0.2, -0.15) is 0 Å². The average Bonchev–Trinajstić information content (AvgIpc) is 2.15. The number of hydrogen-bond acceptors (Lipinski definition) is 2. The molecule has 0 atom stereocenters. The van der Waals surface area contributed by atoms with Crippen LogP contribution in [0.2, 0.25) is 0 Å². The second-order valence-corrected chi connectivity index (χ2v) is 2.58. The van der Waals surface area contributed by atoms with Crippen LogP contribution in [0.3, 0.4) is 0 Å². The van der Waals surface area contributed by atoms with Gasteiger partial charge in [0, 0.05) is 16.5 Å². The summed E-state index contributed by atoms with van der Waals surface area (Å²) in [6.45, 7) is 13.1.